The van der Waals surface area contributed by atoms with E-state index in [1.807, 2.05) is 37.2 Å². The summed E-state index contributed by atoms with van der Waals surface area (Å²) in [5.74, 6) is -0.330. The number of carbonyl (C=O) groups excluding carboxylic acids is 2. The molecule has 1 aromatic heterocycles. The molecule has 3 rings (SSSR count). The molecular weight excluding hydrogens is 428 g/mol. The number of nitrogens with zero attached hydrogens (tertiary/aromatic N) is 3. The zero-order valence-corrected chi connectivity index (χ0v) is 20.2. The highest BCUT2D eigenvalue weighted by molar-refractivity contribution is 6.04. The molecule has 0 saturated heterocycles. The van der Waals surface area contributed by atoms with Gasteiger partial charge in [-0.25, -0.2) is 4.79 Å². The number of anilines is 2. The number of nitrogen functional groups attached to an aromatic ring is 1. The maximum Gasteiger partial charge on any atom is 0.317 e. The van der Waals surface area contributed by atoms with Gasteiger partial charge in [-0.15, -0.1) is 0 Å². The Balaban J connectivity index is 1.57. The predicted molar refractivity (Wildman–Crippen MR) is 137 cm³/mol. The van der Waals surface area contributed by atoms with Crippen LogP contribution in [0.1, 0.15) is 48.2 Å². The number of rotatable bonds is 10. The van der Waals surface area contributed by atoms with E-state index in [1.54, 1.807) is 29.3 Å². The Labute approximate surface area is 202 Å². The first-order chi connectivity index (χ1) is 16.4. The molecule has 1 aromatic carbocycles. The molecule has 2 aromatic rings. The summed E-state index contributed by atoms with van der Waals surface area (Å²) in [6, 6.07) is 10.5. The molecule has 1 heterocycles. The van der Waals surface area contributed by atoms with Crippen molar-refractivity contribution in [2.24, 2.45) is 0 Å². The van der Waals surface area contributed by atoms with E-state index in [1.165, 1.54) is 18.4 Å². The van der Waals surface area contributed by atoms with Gasteiger partial charge in [0.15, 0.2) is 0 Å². The summed E-state index contributed by atoms with van der Waals surface area (Å²) >= 11 is 0. The number of hydrogen-bond acceptors (Lipinski definition) is 5. The van der Waals surface area contributed by atoms with E-state index in [-0.39, 0.29) is 17.6 Å². The van der Waals surface area contributed by atoms with Gasteiger partial charge in [-0.2, -0.15) is 0 Å². The van der Waals surface area contributed by atoms with Crippen molar-refractivity contribution in [3.63, 3.8) is 0 Å². The minimum absolute atomic E-state index is 0.0837. The molecular formula is C26H36N6O2. The third kappa shape index (κ3) is 7.88. The molecule has 182 valence electrons. The first-order valence-corrected chi connectivity index (χ1v) is 11.9. The average Bonchev–Trinajstić information content (AvgIpc) is 2.84. The van der Waals surface area contributed by atoms with E-state index >= 15 is 0 Å². The Hall–Kier alpha value is -3.39. The molecule has 8 heteroatoms. The van der Waals surface area contributed by atoms with Crippen LogP contribution in [0.15, 0.2) is 54.2 Å². The number of nitrogens with one attached hydrogen (secondary N) is 2. The summed E-state index contributed by atoms with van der Waals surface area (Å²) in [6.07, 6.45) is 9.67. The van der Waals surface area contributed by atoms with Gasteiger partial charge in [0.2, 0.25) is 0 Å². The fourth-order valence-corrected chi connectivity index (χ4v) is 3.82. The van der Waals surface area contributed by atoms with Crippen LogP contribution in [0.3, 0.4) is 0 Å². The Morgan fingerprint density at radius 3 is 2.59 bits per heavy atom. The average molecular weight is 465 g/mol. The van der Waals surface area contributed by atoms with Gasteiger partial charge >= 0.3 is 6.03 Å². The molecule has 34 heavy (non-hydrogen) atoms. The van der Waals surface area contributed by atoms with Crippen molar-refractivity contribution in [2.75, 3.05) is 44.8 Å². The second kappa shape index (κ2) is 12.7. The standard InChI is InChI=1S/C26H36N6O2/c1-31(2)16-17-32(26(34)28-15-14-20-8-4-3-5-9-20)19-21-12-13-24(29-18-21)25(33)30-23-11-7-6-10-22(23)27/h6-8,10-13,18H,3-5,9,14-17,19,27H2,1-2H3,(H,28,34)(H,30,33). The molecule has 0 atom stereocenters. The van der Waals surface area contributed by atoms with Crippen LogP contribution in [0.2, 0.25) is 0 Å². The van der Waals surface area contributed by atoms with Crippen molar-refractivity contribution in [1.82, 2.24) is 20.1 Å². The van der Waals surface area contributed by atoms with Crippen molar-refractivity contribution in [2.45, 2.75) is 38.6 Å². The Morgan fingerprint density at radius 2 is 1.91 bits per heavy atom. The number of hydrogen-bond donors (Lipinski definition) is 3. The lowest BCUT2D eigenvalue weighted by Crippen LogP contribution is -2.43. The van der Waals surface area contributed by atoms with Gasteiger partial charge in [-0.1, -0.05) is 29.8 Å². The van der Waals surface area contributed by atoms with Crippen molar-refractivity contribution in [3.05, 3.63) is 65.5 Å². The number of aromatic nitrogens is 1. The molecule has 8 nitrogen and oxygen atoms in total. The fourth-order valence-electron chi connectivity index (χ4n) is 3.82. The zero-order valence-electron chi connectivity index (χ0n) is 20.2. The highest BCUT2D eigenvalue weighted by atomic mass is 16.2. The maximum atomic E-state index is 12.9. The maximum absolute atomic E-state index is 12.9. The van der Waals surface area contributed by atoms with Gasteiger partial charge in [-0.05, 0) is 70.0 Å². The molecule has 3 amide bonds. The molecule has 1 aliphatic rings. The van der Waals surface area contributed by atoms with Gasteiger partial charge in [0.1, 0.15) is 5.69 Å². The van der Waals surface area contributed by atoms with Crippen molar-refractivity contribution >= 4 is 23.3 Å². The Kier molecular flexibility index (Phi) is 9.46. The van der Waals surface area contributed by atoms with Crippen LogP contribution in [0.25, 0.3) is 0 Å². The highest BCUT2D eigenvalue weighted by Crippen LogP contribution is 2.20. The number of likely N-dealkylation sites (N-methyl/N-ethyl adjacent to an activating group) is 1. The van der Waals surface area contributed by atoms with Gasteiger partial charge < -0.3 is 26.2 Å². The Morgan fingerprint density at radius 1 is 1.09 bits per heavy atom. The summed E-state index contributed by atoms with van der Waals surface area (Å²) in [6.45, 7) is 2.41. The molecule has 1 aliphatic carbocycles. The lowest BCUT2D eigenvalue weighted by molar-refractivity contribution is 0.102. The third-order valence-corrected chi connectivity index (χ3v) is 5.85. The Bertz CT molecular complexity index is 987. The number of nitrogens with two attached hydrogens (primary N) is 1. The minimum Gasteiger partial charge on any atom is -0.397 e. The molecule has 0 bridgehead atoms. The molecule has 0 aliphatic heterocycles. The topological polar surface area (TPSA) is 104 Å². The lowest BCUT2D eigenvalue weighted by atomic mass is 9.97. The number of amides is 3. The highest BCUT2D eigenvalue weighted by Gasteiger charge is 2.16. The summed E-state index contributed by atoms with van der Waals surface area (Å²) in [5.41, 5.74) is 9.54. The fraction of sp³-hybridized carbons (Fsp3) is 0.423. The van der Waals surface area contributed by atoms with Crippen LogP contribution >= 0.6 is 0 Å². The first-order valence-electron chi connectivity index (χ1n) is 11.9. The largest absolute Gasteiger partial charge is 0.397 e. The molecule has 4 N–H and O–H groups in total. The molecule has 0 fully saturated rings. The van der Waals surface area contributed by atoms with Crippen molar-refractivity contribution < 1.29 is 9.59 Å². The minimum atomic E-state index is -0.330. The van der Waals surface area contributed by atoms with Crippen LogP contribution in [0, 0.1) is 0 Å². The number of urea groups is 1. The smallest absolute Gasteiger partial charge is 0.317 e. The summed E-state index contributed by atoms with van der Waals surface area (Å²) in [7, 11) is 3.97. The number of allylic oxidation sites excluding steroid dienone is 1. The molecule has 0 radical (unpaired) electrons. The molecule has 0 saturated carbocycles. The number of pyridine rings is 1. The SMILES string of the molecule is CN(C)CCN(Cc1ccc(C(=O)Nc2ccccc2N)nc1)C(=O)NCCC1=CCCCC1. The van der Waals surface area contributed by atoms with Gasteiger partial charge in [-0.3, -0.25) is 9.78 Å². The summed E-state index contributed by atoms with van der Waals surface area (Å²) < 4.78 is 0. The predicted octanol–water partition coefficient (Wildman–Crippen LogP) is 3.88. The van der Waals surface area contributed by atoms with Crippen LogP contribution in [0.5, 0.6) is 0 Å². The van der Waals surface area contributed by atoms with E-state index in [4.69, 9.17) is 5.73 Å². The lowest BCUT2D eigenvalue weighted by Gasteiger charge is -2.25. The summed E-state index contributed by atoms with van der Waals surface area (Å²) in [5, 5.41) is 5.84. The van der Waals surface area contributed by atoms with Gasteiger partial charge in [0.05, 0.1) is 11.4 Å². The number of carbonyl (C=O) groups is 2. The second-order valence-electron chi connectivity index (χ2n) is 8.91. The first kappa shape index (κ1) is 25.2. The zero-order chi connectivity index (χ0) is 24.3. The van der Waals surface area contributed by atoms with Crippen LogP contribution in [-0.4, -0.2) is 60.5 Å². The second-order valence-corrected chi connectivity index (χ2v) is 8.91. The molecule has 0 unspecified atom stereocenters. The van der Waals surface area contributed by atoms with Crippen LogP contribution in [0.4, 0.5) is 16.2 Å². The van der Waals surface area contributed by atoms with E-state index in [0.29, 0.717) is 31.0 Å². The van der Waals surface area contributed by atoms with E-state index < -0.39 is 0 Å². The van der Waals surface area contributed by atoms with Crippen LogP contribution < -0.4 is 16.4 Å². The van der Waals surface area contributed by atoms with Crippen LogP contribution in [-0.2, 0) is 6.54 Å². The van der Waals surface area contributed by atoms with Gasteiger partial charge in [0, 0.05) is 32.4 Å². The van der Waals surface area contributed by atoms with E-state index in [0.717, 1.165) is 31.4 Å². The number of para-hydroxylation sites is 2. The molecule has 0 spiro atoms. The quantitative estimate of drug-likeness (QED) is 0.366. The third-order valence-electron chi connectivity index (χ3n) is 5.85. The number of benzene rings is 1. The van der Waals surface area contributed by atoms with Crippen molar-refractivity contribution in [3.8, 4) is 0 Å². The summed E-state index contributed by atoms with van der Waals surface area (Å²) in [4.78, 5) is 33.6. The van der Waals surface area contributed by atoms with E-state index in [2.05, 4.69) is 21.7 Å². The van der Waals surface area contributed by atoms with E-state index in [9.17, 15) is 9.59 Å². The monoisotopic (exact) mass is 464 g/mol. The van der Waals surface area contributed by atoms with Crippen molar-refractivity contribution in [1.29, 1.82) is 0 Å². The van der Waals surface area contributed by atoms with Gasteiger partial charge in [0.25, 0.3) is 5.91 Å². The normalized spacial score (nSPS) is 13.3.